The van der Waals surface area contributed by atoms with Crippen molar-refractivity contribution < 1.29 is 19.0 Å². The highest BCUT2D eigenvalue weighted by Gasteiger charge is 2.41. The number of rotatable bonds is 8. The summed E-state index contributed by atoms with van der Waals surface area (Å²) in [6, 6.07) is 5.98. The number of hydrogen-bond acceptors (Lipinski definition) is 3. The molecule has 2 rings (SSSR count). The lowest BCUT2D eigenvalue weighted by molar-refractivity contribution is 0.109. The minimum Gasteiger partial charge on any atom is -0.507 e. The van der Waals surface area contributed by atoms with E-state index in [9.17, 15) is 9.50 Å². The van der Waals surface area contributed by atoms with Crippen LogP contribution in [0, 0.1) is 6.92 Å². The summed E-state index contributed by atoms with van der Waals surface area (Å²) in [5, 5.41) is 10.5. The predicted molar refractivity (Wildman–Crippen MR) is 97.7 cm³/mol. The SMILES string of the molecule is CCOCCc1ccc(C)cc1OC1(C)C(CCF)=CC(Br)=C1O. The minimum absolute atomic E-state index is 0.0724. The van der Waals surface area contributed by atoms with Crippen molar-refractivity contribution in [1.82, 2.24) is 0 Å². The van der Waals surface area contributed by atoms with E-state index in [1.54, 1.807) is 13.0 Å². The summed E-state index contributed by atoms with van der Waals surface area (Å²) in [6.07, 6.45) is 2.67. The Labute approximate surface area is 151 Å². The number of aryl methyl sites for hydroxylation is 1. The highest BCUT2D eigenvalue weighted by molar-refractivity contribution is 9.11. The molecule has 5 heteroatoms. The van der Waals surface area contributed by atoms with Crippen LogP contribution in [-0.2, 0) is 11.2 Å². The molecule has 0 aromatic heterocycles. The molecule has 0 fully saturated rings. The van der Waals surface area contributed by atoms with Crippen LogP contribution in [0.1, 0.15) is 31.4 Å². The Balaban J connectivity index is 2.31. The van der Waals surface area contributed by atoms with Crippen molar-refractivity contribution in [3.05, 3.63) is 51.2 Å². The van der Waals surface area contributed by atoms with Gasteiger partial charge in [0, 0.05) is 13.0 Å². The highest BCUT2D eigenvalue weighted by Crippen LogP contribution is 2.42. The Morgan fingerprint density at radius 2 is 2.04 bits per heavy atom. The zero-order valence-corrected chi connectivity index (χ0v) is 16.0. The molecule has 1 aliphatic carbocycles. The summed E-state index contributed by atoms with van der Waals surface area (Å²) in [4.78, 5) is 0. The fraction of sp³-hybridized carbons (Fsp3) is 0.474. The second-order valence-electron chi connectivity index (χ2n) is 6.00. The van der Waals surface area contributed by atoms with E-state index in [2.05, 4.69) is 15.9 Å². The number of halogens is 2. The van der Waals surface area contributed by atoms with Crippen LogP contribution < -0.4 is 4.74 Å². The van der Waals surface area contributed by atoms with E-state index in [-0.39, 0.29) is 12.2 Å². The quantitative estimate of drug-likeness (QED) is 0.613. The van der Waals surface area contributed by atoms with Crippen molar-refractivity contribution in [1.29, 1.82) is 0 Å². The van der Waals surface area contributed by atoms with Gasteiger partial charge in [0.1, 0.15) is 5.75 Å². The number of allylic oxidation sites excluding steroid dienone is 2. The van der Waals surface area contributed by atoms with Crippen molar-refractivity contribution in [2.24, 2.45) is 0 Å². The lowest BCUT2D eigenvalue weighted by atomic mass is 9.95. The molecule has 0 heterocycles. The van der Waals surface area contributed by atoms with Gasteiger partial charge in [0.2, 0.25) is 0 Å². The molecule has 0 saturated carbocycles. The number of alkyl halides is 1. The van der Waals surface area contributed by atoms with Gasteiger partial charge >= 0.3 is 0 Å². The molecule has 0 aliphatic heterocycles. The molecule has 1 aliphatic rings. The maximum absolute atomic E-state index is 12.9. The first kappa shape index (κ1) is 19.0. The van der Waals surface area contributed by atoms with E-state index in [0.717, 1.165) is 11.1 Å². The normalized spacial score (nSPS) is 20.5. The summed E-state index contributed by atoms with van der Waals surface area (Å²) < 4.78 is 25.1. The van der Waals surface area contributed by atoms with Crippen LogP contribution in [0.15, 0.2) is 40.1 Å². The molecule has 1 atom stereocenters. The molecular formula is C19H24BrFO3. The van der Waals surface area contributed by atoms with Gasteiger partial charge in [0.05, 0.1) is 17.8 Å². The maximum Gasteiger partial charge on any atom is 0.185 e. The minimum atomic E-state index is -1.06. The van der Waals surface area contributed by atoms with Crippen molar-refractivity contribution >= 4 is 15.9 Å². The Morgan fingerprint density at radius 3 is 2.71 bits per heavy atom. The van der Waals surface area contributed by atoms with Gasteiger partial charge in [-0.2, -0.15) is 0 Å². The maximum atomic E-state index is 12.9. The molecule has 1 aromatic carbocycles. The lowest BCUT2D eigenvalue weighted by Gasteiger charge is -2.31. The monoisotopic (exact) mass is 398 g/mol. The fourth-order valence-corrected chi connectivity index (χ4v) is 3.43. The van der Waals surface area contributed by atoms with Crippen LogP contribution in [0.2, 0.25) is 0 Å². The molecule has 0 bridgehead atoms. The van der Waals surface area contributed by atoms with Crippen LogP contribution in [0.4, 0.5) is 4.39 Å². The molecular weight excluding hydrogens is 375 g/mol. The summed E-state index contributed by atoms with van der Waals surface area (Å²) in [5.41, 5.74) is 1.72. The Kier molecular flexibility index (Phi) is 6.47. The standard InChI is InChI=1S/C19H24BrFO3/c1-4-23-10-8-14-6-5-13(2)11-17(14)24-19(3)15(7-9-21)12-16(20)18(19)22/h5-6,11-12,22H,4,7-10H2,1-3H3. The average Bonchev–Trinajstić information content (AvgIpc) is 2.74. The largest absolute Gasteiger partial charge is 0.507 e. The second-order valence-corrected chi connectivity index (χ2v) is 6.85. The first-order chi connectivity index (χ1) is 11.4. The van der Waals surface area contributed by atoms with Gasteiger partial charge in [-0.25, -0.2) is 0 Å². The topological polar surface area (TPSA) is 38.7 Å². The van der Waals surface area contributed by atoms with Crippen molar-refractivity contribution in [3.63, 3.8) is 0 Å². The van der Waals surface area contributed by atoms with E-state index in [1.807, 2.05) is 32.0 Å². The molecule has 0 saturated heterocycles. The lowest BCUT2D eigenvalue weighted by Crippen LogP contribution is -2.36. The Bertz CT molecular complexity index is 654. The van der Waals surface area contributed by atoms with Gasteiger partial charge in [-0.1, -0.05) is 12.1 Å². The van der Waals surface area contributed by atoms with Gasteiger partial charge in [-0.15, -0.1) is 0 Å². The van der Waals surface area contributed by atoms with Crippen LogP contribution in [0.5, 0.6) is 5.75 Å². The number of aliphatic hydroxyl groups is 1. The van der Waals surface area contributed by atoms with Gasteiger partial charge in [-0.05, 0) is 72.0 Å². The summed E-state index contributed by atoms with van der Waals surface area (Å²) in [5.74, 6) is 0.763. The molecule has 0 spiro atoms. The molecule has 132 valence electrons. The van der Waals surface area contributed by atoms with E-state index in [0.29, 0.717) is 35.4 Å². The summed E-state index contributed by atoms with van der Waals surface area (Å²) in [6.45, 7) is 6.49. The zero-order chi connectivity index (χ0) is 17.7. The number of ether oxygens (including phenoxy) is 2. The fourth-order valence-electron chi connectivity index (χ4n) is 2.78. The Morgan fingerprint density at radius 1 is 1.29 bits per heavy atom. The second kappa shape index (κ2) is 8.17. The number of hydrogen-bond donors (Lipinski definition) is 1. The van der Waals surface area contributed by atoms with Crippen molar-refractivity contribution in [3.8, 4) is 5.75 Å². The third-order valence-electron chi connectivity index (χ3n) is 4.21. The van der Waals surface area contributed by atoms with E-state index < -0.39 is 12.3 Å². The molecule has 1 aromatic rings. The van der Waals surface area contributed by atoms with E-state index >= 15 is 0 Å². The van der Waals surface area contributed by atoms with Gasteiger partial charge in [-0.3, -0.25) is 4.39 Å². The highest BCUT2D eigenvalue weighted by atomic mass is 79.9. The molecule has 24 heavy (non-hydrogen) atoms. The van der Waals surface area contributed by atoms with Crippen LogP contribution in [0.3, 0.4) is 0 Å². The molecule has 0 radical (unpaired) electrons. The smallest absolute Gasteiger partial charge is 0.185 e. The predicted octanol–water partition coefficient (Wildman–Crippen LogP) is 5.18. The number of aliphatic hydroxyl groups excluding tert-OH is 1. The summed E-state index contributed by atoms with van der Waals surface area (Å²) in [7, 11) is 0. The van der Waals surface area contributed by atoms with Crippen LogP contribution in [-0.4, -0.2) is 30.6 Å². The van der Waals surface area contributed by atoms with Crippen molar-refractivity contribution in [2.45, 2.75) is 39.2 Å². The molecule has 1 N–H and O–H groups in total. The summed E-state index contributed by atoms with van der Waals surface area (Å²) >= 11 is 3.32. The third kappa shape index (κ3) is 4.01. The number of benzene rings is 1. The molecule has 1 unspecified atom stereocenters. The molecule has 3 nitrogen and oxygen atoms in total. The van der Waals surface area contributed by atoms with Crippen molar-refractivity contribution in [2.75, 3.05) is 19.9 Å². The van der Waals surface area contributed by atoms with Crippen LogP contribution in [0.25, 0.3) is 0 Å². The molecule has 0 amide bonds. The Hall–Kier alpha value is -1.33. The van der Waals surface area contributed by atoms with Gasteiger partial charge < -0.3 is 14.6 Å². The third-order valence-corrected chi connectivity index (χ3v) is 4.82. The van der Waals surface area contributed by atoms with E-state index in [4.69, 9.17) is 9.47 Å². The van der Waals surface area contributed by atoms with E-state index in [1.165, 1.54) is 0 Å². The first-order valence-electron chi connectivity index (χ1n) is 8.15. The van der Waals surface area contributed by atoms with Gasteiger partial charge in [0.25, 0.3) is 0 Å². The first-order valence-corrected chi connectivity index (χ1v) is 8.94. The van der Waals surface area contributed by atoms with Gasteiger partial charge in [0.15, 0.2) is 11.4 Å². The zero-order valence-electron chi connectivity index (χ0n) is 14.4. The van der Waals surface area contributed by atoms with Crippen LogP contribution >= 0.6 is 15.9 Å². The average molecular weight is 399 g/mol.